The Bertz CT molecular complexity index is 328. The van der Waals surface area contributed by atoms with Crippen molar-refractivity contribution >= 4 is 29.3 Å². The fourth-order valence-corrected chi connectivity index (χ4v) is 1.31. The van der Waals surface area contributed by atoms with Gasteiger partial charge >= 0.3 is 0 Å². The first-order valence-corrected chi connectivity index (χ1v) is 4.24. The van der Waals surface area contributed by atoms with Crippen LogP contribution in [0.4, 0.5) is 4.79 Å². The van der Waals surface area contributed by atoms with Crippen molar-refractivity contribution in [3.8, 4) is 0 Å². The van der Waals surface area contributed by atoms with Gasteiger partial charge in [-0.25, -0.2) is 0 Å². The number of benzene rings is 1. The predicted octanol–water partition coefficient (Wildman–Crippen LogP) is 1.43. The van der Waals surface area contributed by atoms with Crippen LogP contribution in [0.15, 0.2) is 18.2 Å². The van der Waals surface area contributed by atoms with E-state index in [1.807, 2.05) is 0 Å². The average molecular weight is 219 g/mol. The number of carbonyl (C=O) groups is 1. The molecule has 0 unspecified atom stereocenters. The van der Waals surface area contributed by atoms with E-state index in [2.05, 4.69) is 5.32 Å². The van der Waals surface area contributed by atoms with Gasteiger partial charge in [0.15, 0.2) is 0 Å². The highest BCUT2D eigenvalue weighted by Gasteiger charge is 1.99. The number of halogens is 2. The van der Waals surface area contributed by atoms with Crippen molar-refractivity contribution in [2.75, 3.05) is 0 Å². The standard InChI is InChI=1S/C8H7Cl2NO2/c9-6-2-1-5(7(10)3-6)4-11-8(12)13/h1-3,11H,4H2,(H,12,13)/p-1. The van der Waals surface area contributed by atoms with Gasteiger partial charge in [0.25, 0.3) is 0 Å². The lowest BCUT2D eigenvalue weighted by atomic mass is 10.2. The maximum absolute atomic E-state index is 10.1. The highest BCUT2D eigenvalue weighted by molar-refractivity contribution is 6.35. The van der Waals surface area contributed by atoms with Crippen LogP contribution in [-0.2, 0) is 6.54 Å². The summed E-state index contributed by atoms with van der Waals surface area (Å²) in [6.45, 7) is 0.123. The molecule has 1 aromatic carbocycles. The summed E-state index contributed by atoms with van der Waals surface area (Å²) in [5, 5.41) is 13.1. The molecule has 1 rings (SSSR count). The fraction of sp³-hybridized carbons (Fsp3) is 0.125. The van der Waals surface area contributed by atoms with E-state index in [-0.39, 0.29) is 6.54 Å². The van der Waals surface area contributed by atoms with Crippen LogP contribution in [0.1, 0.15) is 5.56 Å². The predicted molar refractivity (Wildman–Crippen MR) is 48.7 cm³/mol. The summed E-state index contributed by atoms with van der Waals surface area (Å²) in [5.74, 6) is 0. The third kappa shape index (κ3) is 3.13. The first-order chi connectivity index (χ1) is 6.09. The van der Waals surface area contributed by atoms with E-state index in [4.69, 9.17) is 23.2 Å². The van der Waals surface area contributed by atoms with Gasteiger partial charge in [0.2, 0.25) is 0 Å². The van der Waals surface area contributed by atoms with E-state index in [0.29, 0.717) is 15.6 Å². The molecule has 70 valence electrons. The molecule has 3 nitrogen and oxygen atoms in total. The van der Waals surface area contributed by atoms with Crippen LogP contribution >= 0.6 is 23.2 Å². The van der Waals surface area contributed by atoms with Crippen molar-refractivity contribution < 1.29 is 9.90 Å². The molecule has 1 aromatic rings. The largest absolute Gasteiger partial charge is 0.530 e. The molecular weight excluding hydrogens is 213 g/mol. The Morgan fingerprint density at radius 1 is 1.46 bits per heavy atom. The van der Waals surface area contributed by atoms with Gasteiger partial charge in [-0.15, -0.1) is 0 Å². The van der Waals surface area contributed by atoms with Crippen molar-refractivity contribution in [1.29, 1.82) is 0 Å². The van der Waals surface area contributed by atoms with Gasteiger partial charge in [0.1, 0.15) is 6.09 Å². The molecular formula is C8H6Cl2NO2-. The van der Waals surface area contributed by atoms with Crippen LogP contribution in [0.25, 0.3) is 0 Å². The quantitative estimate of drug-likeness (QED) is 0.817. The van der Waals surface area contributed by atoms with Gasteiger partial charge in [-0.1, -0.05) is 29.3 Å². The summed E-state index contributed by atoms with van der Waals surface area (Å²) < 4.78 is 0. The summed E-state index contributed by atoms with van der Waals surface area (Å²) in [5.41, 5.74) is 0.662. The number of hydrogen-bond acceptors (Lipinski definition) is 2. The second-order valence-corrected chi connectivity index (χ2v) is 3.22. The minimum absolute atomic E-state index is 0.123. The number of hydrogen-bond donors (Lipinski definition) is 1. The first-order valence-electron chi connectivity index (χ1n) is 3.48. The summed E-state index contributed by atoms with van der Waals surface area (Å²) in [7, 11) is 0. The minimum atomic E-state index is -1.33. The zero-order valence-corrected chi connectivity index (χ0v) is 8.02. The molecule has 1 N–H and O–H groups in total. The van der Waals surface area contributed by atoms with Crippen LogP contribution < -0.4 is 10.4 Å². The number of carboxylic acid groups (broad SMARTS) is 1. The molecule has 13 heavy (non-hydrogen) atoms. The molecule has 0 aliphatic heterocycles. The lowest BCUT2D eigenvalue weighted by Gasteiger charge is -2.07. The Kier molecular flexibility index (Phi) is 3.39. The van der Waals surface area contributed by atoms with Gasteiger partial charge in [-0.2, -0.15) is 0 Å². The molecule has 1 amide bonds. The van der Waals surface area contributed by atoms with Crippen LogP contribution in [0.3, 0.4) is 0 Å². The van der Waals surface area contributed by atoms with E-state index < -0.39 is 6.09 Å². The van der Waals surface area contributed by atoms with Crippen molar-refractivity contribution in [3.63, 3.8) is 0 Å². The van der Waals surface area contributed by atoms with E-state index in [1.165, 1.54) is 0 Å². The molecule has 0 aliphatic carbocycles. The second kappa shape index (κ2) is 4.35. The van der Waals surface area contributed by atoms with Crippen LogP contribution in [0, 0.1) is 0 Å². The molecule has 5 heteroatoms. The maximum atomic E-state index is 10.1. The number of rotatable bonds is 2. The normalized spacial score (nSPS) is 9.69. The topological polar surface area (TPSA) is 52.2 Å². The fourth-order valence-electron chi connectivity index (χ4n) is 0.832. The summed E-state index contributed by atoms with van der Waals surface area (Å²) in [6.07, 6.45) is -1.33. The van der Waals surface area contributed by atoms with Gasteiger partial charge < -0.3 is 15.2 Å². The van der Waals surface area contributed by atoms with Gasteiger partial charge in [0, 0.05) is 16.6 Å². The van der Waals surface area contributed by atoms with Gasteiger partial charge in [-0.3, -0.25) is 0 Å². The Hall–Kier alpha value is -0.930. The van der Waals surface area contributed by atoms with E-state index in [9.17, 15) is 9.90 Å². The van der Waals surface area contributed by atoms with Gasteiger partial charge in [-0.05, 0) is 17.7 Å². The average Bonchev–Trinajstić information content (AvgIpc) is 2.02. The molecule has 0 saturated heterocycles. The number of carbonyl (C=O) groups excluding carboxylic acids is 1. The van der Waals surface area contributed by atoms with Crippen LogP contribution in [0.2, 0.25) is 10.0 Å². The molecule has 0 radical (unpaired) electrons. The third-order valence-electron chi connectivity index (χ3n) is 1.44. The molecule has 0 atom stereocenters. The molecule has 0 fully saturated rings. The maximum Gasteiger partial charge on any atom is 0.134 e. The van der Waals surface area contributed by atoms with Gasteiger partial charge in [0.05, 0.1) is 0 Å². The van der Waals surface area contributed by atoms with Crippen LogP contribution in [-0.4, -0.2) is 6.09 Å². The molecule has 0 aliphatic rings. The molecule has 0 aromatic heterocycles. The zero-order chi connectivity index (χ0) is 9.84. The highest BCUT2D eigenvalue weighted by atomic mass is 35.5. The Morgan fingerprint density at radius 3 is 2.69 bits per heavy atom. The van der Waals surface area contributed by atoms with E-state index >= 15 is 0 Å². The monoisotopic (exact) mass is 218 g/mol. The molecule has 0 spiro atoms. The van der Waals surface area contributed by atoms with Crippen molar-refractivity contribution in [1.82, 2.24) is 5.32 Å². The smallest absolute Gasteiger partial charge is 0.134 e. The van der Waals surface area contributed by atoms with Crippen LogP contribution in [0.5, 0.6) is 0 Å². The summed E-state index contributed by atoms with van der Waals surface area (Å²) in [4.78, 5) is 10.1. The van der Waals surface area contributed by atoms with Crippen molar-refractivity contribution in [2.45, 2.75) is 6.54 Å². The lowest BCUT2D eigenvalue weighted by molar-refractivity contribution is -0.251. The Balaban J connectivity index is 2.72. The van der Waals surface area contributed by atoms with Crippen molar-refractivity contribution in [2.24, 2.45) is 0 Å². The molecule has 0 saturated carbocycles. The Labute approximate surface area is 85.3 Å². The number of amides is 1. The highest BCUT2D eigenvalue weighted by Crippen LogP contribution is 2.20. The molecule has 0 bridgehead atoms. The van der Waals surface area contributed by atoms with E-state index in [1.54, 1.807) is 18.2 Å². The Morgan fingerprint density at radius 2 is 2.15 bits per heavy atom. The lowest BCUT2D eigenvalue weighted by Crippen LogP contribution is -2.35. The number of nitrogens with one attached hydrogen (secondary N) is 1. The van der Waals surface area contributed by atoms with Crippen molar-refractivity contribution in [3.05, 3.63) is 33.8 Å². The summed E-state index contributed by atoms with van der Waals surface area (Å²) >= 11 is 11.4. The third-order valence-corrected chi connectivity index (χ3v) is 2.03. The SMILES string of the molecule is O=C([O-])NCc1ccc(Cl)cc1Cl. The minimum Gasteiger partial charge on any atom is -0.530 e. The second-order valence-electron chi connectivity index (χ2n) is 2.38. The molecule has 0 heterocycles. The first kappa shape index (κ1) is 10.2. The zero-order valence-electron chi connectivity index (χ0n) is 6.51. The summed E-state index contributed by atoms with van der Waals surface area (Å²) in [6, 6.07) is 4.84. The van der Waals surface area contributed by atoms with E-state index in [0.717, 1.165) is 0 Å².